The van der Waals surface area contributed by atoms with E-state index in [1.165, 1.54) is 85.8 Å². The van der Waals surface area contributed by atoms with Crippen LogP contribution in [0.2, 0.25) is 0 Å². The van der Waals surface area contributed by atoms with Gasteiger partial charge in [0.05, 0.1) is 5.39 Å². The van der Waals surface area contributed by atoms with E-state index in [1.54, 1.807) is 0 Å². The third-order valence-electron chi connectivity index (χ3n) is 8.69. The number of anilines is 3. The highest BCUT2D eigenvalue weighted by molar-refractivity contribution is 7.19. The van der Waals surface area contributed by atoms with Crippen LogP contribution in [0.4, 0.5) is 17.5 Å². The average molecular weight is 505 g/mol. The summed E-state index contributed by atoms with van der Waals surface area (Å²) in [5.41, 5.74) is 4.01. The molecule has 192 valence electrons. The lowest BCUT2D eigenvalue weighted by Crippen LogP contribution is -2.36. The number of aromatic nitrogens is 2. The van der Waals surface area contributed by atoms with Gasteiger partial charge in [-0.1, -0.05) is 12.1 Å². The molecule has 2 aromatic heterocycles. The quantitative estimate of drug-likeness (QED) is 0.428. The van der Waals surface area contributed by atoms with Crippen LogP contribution in [0.25, 0.3) is 10.2 Å². The number of hydrogen-bond donors (Lipinski definition) is 2. The molecule has 0 radical (unpaired) electrons. The second kappa shape index (κ2) is 10.3. The number of piperidine rings is 1. The summed E-state index contributed by atoms with van der Waals surface area (Å²) >= 11 is 1.87. The van der Waals surface area contributed by atoms with Crippen molar-refractivity contribution in [2.75, 3.05) is 44.9 Å². The van der Waals surface area contributed by atoms with Crippen molar-refractivity contribution in [1.82, 2.24) is 19.8 Å². The highest BCUT2D eigenvalue weighted by atomic mass is 32.1. The number of nitrogens with zero attached hydrogens (tertiary/aromatic N) is 4. The highest BCUT2D eigenvalue weighted by Gasteiger charge is 2.26. The van der Waals surface area contributed by atoms with Gasteiger partial charge >= 0.3 is 0 Å². The Kier molecular flexibility index (Phi) is 6.88. The number of benzene rings is 1. The van der Waals surface area contributed by atoms with E-state index < -0.39 is 0 Å². The Hall–Kier alpha value is -2.22. The van der Waals surface area contributed by atoms with Gasteiger partial charge in [0.25, 0.3) is 0 Å². The number of thiophene rings is 1. The molecule has 2 N–H and O–H groups in total. The second-order valence-electron chi connectivity index (χ2n) is 11.4. The summed E-state index contributed by atoms with van der Waals surface area (Å²) in [5.74, 6) is 2.42. The van der Waals surface area contributed by atoms with Crippen LogP contribution in [-0.2, 0) is 12.8 Å². The smallest absolute Gasteiger partial charge is 0.230 e. The van der Waals surface area contributed by atoms with Gasteiger partial charge in [-0.15, -0.1) is 11.3 Å². The maximum atomic E-state index is 5.07. The van der Waals surface area contributed by atoms with Crippen LogP contribution in [0.1, 0.15) is 66.9 Å². The molecule has 3 heterocycles. The van der Waals surface area contributed by atoms with Crippen LogP contribution in [-0.4, -0.2) is 66.1 Å². The van der Waals surface area contributed by atoms with E-state index in [9.17, 15) is 0 Å². The molecule has 2 fully saturated rings. The molecule has 36 heavy (non-hydrogen) atoms. The number of fused-ring (bicyclic) bond motifs is 3. The molecule has 6 nitrogen and oxygen atoms in total. The lowest BCUT2D eigenvalue weighted by atomic mass is 9.89. The maximum absolute atomic E-state index is 5.07. The zero-order valence-electron chi connectivity index (χ0n) is 22.0. The number of rotatable bonds is 6. The topological polar surface area (TPSA) is 56.3 Å². The monoisotopic (exact) mass is 504 g/mol. The Morgan fingerprint density at radius 1 is 0.944 bits per heavy atom. The molecule has 3 aliphatic rings. The van der Waals surface area contributed by atoms with Gasteiger partial charge in [-0.3, -0.25) is 0 Å². The fraction of sp³-hybridized carbons (Fsp3) is 0.586. The summed E-state index contributed by atoms with van der Waals surface area (Å²) in [6.45, 7) is 2.38. The predicted molar refractivity (Wildman–Crippen MR) is 152 cm³/mol. The largest absolute Gasteiger partial charge is 0.367 e. The first-order valence-corrected chi connectivity index (χ1v) is 14.7. The van der Waals surface area contributed by atoms with Crippen molar-refractivity contribution in [3.05, 3.63) is 40.3 Å². The predicted octanol–water partition coefficient (Wildman–Crippen LogP) is 6.02. The molecule has 0 spiro atoms. The molecule has 2 aliphatic carbocycles. The van der Waals surface area contributed by atoms with Gasteiger partial charge in [-0.25, -0.2) is 4.98 Å². The molecular weight excluding hydrogens is 464 g/mol. The Labute approximate surface area is 219 Å². The zero-order chi connectivity index (χ0) is 24.6. The molecule has 3 aromatic rings. The SMILES string of the molecule is CN1CCC(c2ccc(Nc3nc(N[C@H]4CC[C@H](N(C)C)CC4)c4c5c(sc4n3)CCC5)cc2)CC1. The van der Waals surface area contributed by atoms with E-state index in [1.807, 2.05) is 11.3 Å². The van der Waals surface area contributed by atoms with Crippen molar-refractivity contribution in [3.8, 4) is 0 Å². The van der Waals surface area contributed by atoms with Gasteiger partial charge in [0.2, 0.25) is 5.95 Å². The number of hydrogen-bond acceptors (Lipinski definition) is 7. The molecule has 0 amide bonds. The molecule has 7 heteroatoms. The minimum atomic E-state index is 0.484. The van der Waals surface area contributed by atoms with Gasteiger partial charge < -0.3 is 20.4 Å². The number of nitrogens with one attached hydrogen (secondary N) is 2. The summed E-state index contributed by atoms with van der Waals surface area (Å²) in [7, 11) is 6.64. The van der Waals surface area contributed by atoms with E-state index >= 15 is 0 Å². The minimum absolute atomic E-state index is 0.484. The first-order valence-electron chi connectivity index (χ1n) is 13.8. The third-order valence-corrected chi connectivity index (χ3v) is 9.87. The fourth-order valence-corrected chi connectivity index (χ4v) is 7.66. The summed E-state index contributed by atoms with van der Waals surface area (Å²) in [6.07, 6.45) is 11.0. The Morgan fingerprint density at radius 2 is 1.69 bits per heavy atom. The normalized spacial score (nSPS) is 23.3. The highest BCUT2D eigenvalue weighted by Crippen LogP contribution is 2.41. The van der Waals surface area contributed by atoms with E-state index in [0.29, 0.717) is 23.9 Å². The summed E-state index contributed by atoms with van der Waals surface area (Å²) in [5, 5.41) is 8.68. The lowest BCUT2D eigenvalue weighted by Gasteiger charge is -2.33. The molecule has 0 unspecified atom stereocenters. The van der Waals surface area contributed by atoms with E-state index in [-0.39, 0.29) is 0 Å². The molecule has 1 saturated carbocycles. The van der Waals surface area contributed by atoms with Crippen molar-refractivity contribution >= 4 is 39.0 Å². The second-order valence-corrected chi connectivity index (χ2v) is 12.5. The summed E-state index contributed by atoms with van der Waals surface area (Å²) in [6, 6.07) is 10.2. The minimum Gasteiger partial charge on any atom is -0.367 e. The van der Waals surface area contributed by atoms with Crippen molar-refractivity contribution < 1.29 is 0 Å². The van der Waals surface area contributed by atoms with Crippen LogP contribution in [0.3, 0.4) is 0 Å². The molecule has 1 saturated heterocycles. The van der Waals surface area contributed by atoms with Crippen LogP contribution < -0.4 is 10.6 Å². The number of aryl methyl sites for hydroxylation is 2. The third kappa shape index (κ3) is 4.98. The van der Waals surface area contributed by atoms with Crippen molar-refractivity contribution in [3.63, 3.8) is 0 Å². The number of likely N-dealkylation sites (tertiary alicyclic amines) is 1. The van der Waals surface area contributed by atoms with Crippen molar-refractivity contribution in [2.24, 2.45) is 0 Å². The van der Waals surface area contributed by atoms with Crippen LogP contribution >= 0.6 is 11.3 Å². The molecule has 0 bridgehead atoms. The molecule has 0 atom stereocenters. The standard InChI is InChI=1S/C29H40N6S/c1-34(2)23-13-11-21(12-14-23)30-27-26-24-5-4-6-25(24)36-28(26)33-29(32-27)31-22-9-7-19(8-10-22)20-15-17-35(3)18-16-20/h7-10,20-21,23H,4-6,11-18H2,1-3H3,(H2,30,31,32,33)/t21-,23-. The maximum Gasteiger partial charge on any atom is 0.230 e. The van der Waals surface area contributed by atoms with E-state index in [0.717, 1.165) is 22.8 Å². The molecule has 1 aliphatic heterocycles. The van der Waals surface area contributed by atoms with Crippen LogP contribution in [0.15, 0.2) is 24.3 Å². The molecule has 6 rings (SSSR count). The lowest BCUT2D eigenvalue weighted by molar-refractivity contribution is 0.221. The van der Waals surface area contributed by atoms with Gasteiger partial charge in [-0.2, -0.15) is 4.98 Å². The van der Waals surface area contributed by atoms with Gasteiger partial charge in [-0.05, 0) is 121 Å². The van der Waals surface area contributed by atoms with Gasteiger partial charge in [0.1, 0.15) is 10.6 Å². The fourth-order valence-electron chi connectivity index (χ4n) is 6.40. The summed E-state index contributed by atoms with van der Waals surface area (Å²) < 4.78 is 0. The van der Waals surface area contributed by atoms with Gasteiger partial charge in [0, 0.05) is 22.6 Å². The van der Waals surface area contributed by atoms with E-state index in [4.69, 9.17) is 9.97 Å². The molecule has 1 aromatic carbocycles. The Morgan fingerprint density at radius 3 is 2.42 bits per heavy atom. The first-order chi connectivity index (χ1) is 17.5. The van der Waals surface area contributed by atoms with Crippen molar-refractivity contribution in [2.45, 2.75) is 75.8 Å². The van der Waals surface area contributed by atoms with E-state index in [2.05, 4.69) is 65.8 Å². The Bertz CT molecular complexity index is 1190. The van der Waals surface area contributed by atoms with Crippen LogP contribution in [0, 0.1) is 0 Å². The van der Waals surface area contributed by atoms with Crippen LogP contribution in [0.5, 0.6) is 0 Å². The zero-order valence-corrected chi connectivity index (χ0v) is 22.8. The average Bonchev–Trinajstić information content (AvgIpc) is 3.47. The van der Waals surface area contributed by atoms with Crippen molar-refractivity contribution in [1.29, 1.82) is 0 Å². The molecular formula is C29H40N6S. The summed E-state index contributed by atoms with van der Waals surface area (Å²) in [4.78, 5) is 17.5. The first kappa shape index (κ1) is 24.1. The Balaban J connectivity index is 1.22. The van der Waals surface area contributed by atoms with Gasteiger partial charge in [0.15, 0.2) is 0 Å².